The van der Waals surface area contributed by atoms with E-state index in [1.165, 1.54) is 13.2 Å². The lowest BCUT2D eigenvalue weighted by molar-refractivity contribution is -0.0598. The van der Waals surface area contributed by atoms with E-state index in [-0.39, 0.29) is 17.2 Å². The highest BCUT2D eigenvalue weighted by atomic mass is 19.1. The first-order chi connectivity index (χ1) is 8.52. The monoisotopic (exact) mass is 256 g/mol. The summed E-state index contributed by atoms with van der Waals surface area (Å²) in [6.07, 6.45) is -1.43. The van der Waals surface area contributed by atoms with Crippen LogP contribution in [0.3, 0.4) is 0 Å². The minimum absolute atomic E-state index is 0.0885. The molecule has 3 nitrogen and oxygen atoms in total. The van der Waals surface area contributed by atoms with Gasteiger partial charge in [0.25, 0.3) is 0 Å². The highest BCUT2D eigenvalue weighted by Gasteiger charge is 2.27. The first-order valence-corrected chi connectivity index (χ1v) is 6.15. The zero-order chi connectivity index (χ0) is 13.7. The van der Waals surface area contributed by atoms with Gasteiger partial charge >= 0.3 is 0 Å². The SMILES string of the molecule is CCOC(C(C)C)C(O)c1cccc(OC)c1F. The van der Waals surface area contributed by atoms with Crippen molar-refractivity contribution < 1.29 is 19.0 Å². The minimum atomic E-state index is -1.000. The molecule has 18 heavy (non-hydrogen) atoms. The summed E-state index contributed by atoms with van der Waals surface area (Å²) in [6.45, 7) is 6.19. The van der Waals surface area contributed by atoms with Crippen molar-refractivity contribution in [2.45, 2.75) is 33.0 Å². The summed E-state index contributed by atoms with van der Waals surface area (Å²) < 4.78 is 24.4. The van der Waals surface area contributed by atoms with Crippen LogP contribution in [-0.4, -0.2) is 24.9 Å². The van der Waals surface area contributed by atoms with Crippen LogP contribution in [0.25, 0.3) is 0 Å². The Morgan fingerprint density at radius 3 is 2.50 bits per heavy atom. The van der Waals surface area contributed by atoms with Crippen LogP contribution in [0.15, 0.2) is 18.2 Å². The number of aliphatic hydroxyl groups excluding tert-OH is 1. The molecule has 0 aliphatic carbocycles. The lowest BCUT2D eigenvalue weighted by Crippen LogP contribution is -2.28. The Labute approximate surface area is 108 Å². The molecule has 0 spiro atoms. The molecule has 0 heterocycles. The van der Waals surface area contributed by atoms with E-state index < -0.39 is 18.0 Å². The first kappa shape index (κ1) is 14.9. The molecule has 102 valence electrons. The Kier molecular flexibility index (Phi) is 5.56. The standard InChI is InChI=1S/C14H21FO3/c1-5-18-14(9(2)3)13(16)10-7-6-8-11(17-4)12(10)15/h6-9,13-14,16H,5H2,1-4H3. The second-order valence-corrected chi connectivity index (χ2v) is 4.47. The molecule has 0 saturated heterocycles. The fourth-order valence-corrected chi connectivity index (χ4v) is 1.93. The summed E-state index contributed by atoms with van der Waals surface area (Å²) in [5.74, 6) is -0.311. The summed E-state index contributed by atoms with van der Waals surface area (Å²) in [5, 5.41) is 10.3. The van der Waals surface area contributed by atoms with Gasteiger partial charge in [-0.1, -0.05) is 26.0 Å². The average Bonchev–Trinajstić information content (AvgIpc) is 2.35. The van der Waals surface area contributed by atoms with Crippen LogP contribution in [0, 0.1) is 11.7 Å². The molecule has 2 unspecified atom stereocenters. The minimum Gasteiger partial charge on any atom is -0.494 e. The topological polar surface area (TPSA) is 38.7 Å². The average molecular weight is 256 g/mol. The smallest absolute Gasteiger partial charge is 0.170 e. The molecular formula is C14H21FO3. The molecule has 0 saturated carbocycles. The summed E-state index contributed by atoms with van der Waals surface area (Å²) in [6, 6.07) is 4.73. The van der Waals surface area contributed by atoms with Crippen LogP contribution >= 0.6 is 0 Å². The molecular weight excluding hydrogens is 235 g/mol. The Bertz CT molecular complexity index is 379. The Morgan fingerprint density at radius 2 is 2.00 bits per heavy atom. The normalized spacial score (nSPS) is 14.6. The number of aliphatic hydroxyl groups is 1. The second-order valence-electron chi connectivity index (χ2n) is 4.47. The third-order valence-electron chi connectivity index (χ3n) is 2.86. The van der Waals surface area contributed by atoms with Gasteiger partial charge in [0.15, 0.2) is 11.6 Å². The predicted octanol–water partition coefficient (Wildman–Crippen LogP) is 2.93. The number of hydrogen-bond acceptors (Lipinski definition) is 3. The van der Waals surface area contributed by atoms with Crippen molar-refractivity contribution in [1.29, 1.82) is 0 Å². The van der Waals surface area contributed by atoms with Gasteiger partial charge in [-0.15, -0.1) is 0 Å². The van der Waals surface area contributed by atoms with E-state index in [0.717, 1.165) is 0 Å². The maximum absolute atomic E-state index is 14.0. The quantitative estimate of drug-likeness (QED) is 0.850. The lowest BCUT2D eigenvalue weighted by atomic mass is 9.95. The van der Waals surface area contributed by atoms with Crippen molar-refractivity contribution in [3.8, 4) is 5.75 Å². The largest absolute Gasteiger partial charge is 0.494 e. The molecule has 0 radical (unpaired) electrons. The molecule has 1 aromatic carbocycles. The highest BCUT2D eigenvalue weighted by Crippen LogP contribution is 2.30. The van der Waals surface area contributed by atoms with Gasteiger partial charge in [-0.05, 0) is 18.9 Å². The van der Waals surface area contributed by atoms with Crippen molar-refractivity contribution in [3.05, 3.63) is 29.6 Å². The van der Waals surface area contributed by atoms with Crippen LogP contribution in [0.1, 0.15) is 32.4 Å². The van der Waals surface area contributed by atoms with Gasteiger partial charge in [0.1, 0.15) is 6.10 Å². The fraction of sp³-hybridized carbons (Fsp3) is 0.571. The van der Waals surface area contributed by atoms with E-state index in [1.54, 1.807) is 12.1 Å². The van der Waals surface area contributed by atoms with E-state index >= 15 is 0 Å². The van der Waals surface area contributed by atoms with Crippen molar-refractivity contribution >= 4 is 0 Å². The lowest BCUT2D eigenvalue weighted by Gasteiger charge is -2.27. The van der Waals surface area contributed by atoms with E-state index in [2.05, 4.69) is 0 Å². The van der Waals surface area contributed by atoms with Gasteiger partial charge in [-0.3, -0.25) is 0 Å². The van der Waals surface area contributed by atoms with Gasteiger partial charge < -0.3 is 14.6 Å². The zero-order valence-electron chi connectivity index (χ0n) is 11.3. The molecule has 4 heteroatoms. The number of hydrogen-bond donors (Lipinski definition) is 1. The van der Waals surface area contributed by atoms with Crippen LogP contribution in [0.4, 0.5) is 4.39 Å². The van der Waals surface area contributed by atoms with Gasteiger partial charge in [-0.2, -0.15) is 0 Å². The van der Waals surface area contributed by atoms with Crippen LogP contribution < -0.4 is 4.74 Å². The predicted molar refractivity (Wildman–Crippen MR) is 68.2 cm³/mol. The van der Waals surface area contributed by atoms with E-state index in [4.69, 9.17) is 9.47 Å². The summed E-state index contributed by atoms with van der Waals surface area (Å²) in [4.78, 5) is 0. The molecule has 0 amide bonds. The number of benzene rings is 1. The van der Waals surface area contributed by atoms with Crippen molar-refractivity contribution in [3.63, 3.8) is 0 Å². The maximum Gasteiger partial charge on any atom is 0.170 e. The van der Waals surface area contributed by atoms with Gasteiger partial charge in [-0.25, -0.2) is 4.39 Å². The van der Waals surface area contributed by atoms with Crippen LogP contribution in [0.2, 0.25) is 0 Å². The Morgan fingerprint density at radius 1 is 1.33 bits per heavy atom. The second kappa shape index (κ2) is 6.71. The number of ether oxygens (including phenoxy) is 2. The molecule has 1 rings (SSSR count). The summed E-state index contributed by atoms with van der Waals surface area (Å²) in [5.41, 5.74) is 0.210. The highest BCUT2D eigenvalue weighted by molar-refractivity contribution is 5.32. The third kappa shape index (κ3) is 3.21. The van der Waals surface area contributed by atoms with Crippen molar-refractivity contribution in [2.75, 3.05) is 13.7 Å². The molecule has 0 bridgehead atoms. The van der Waals surface area contributed by atoms with Crippen molar-refractivity contribution in [1.82, 2.24) is 0 Å². The van der Waals surface area contributed by atoms with E-state index in [9.17, 15) is 9.50 Å². The van der Waals surface area contributed by atoms with E-state index in [0.29, 0.717) is 6.61 Å². The summed E-state index contributed by atoms with van der Waals surface area (Å²) >= 11 is 0. The molecule has 2 atom stereocenters. The van der Waals surface area contributed by atoms with Crippen LogP contribution in [-0.2, 0) is 4.74 Å². The molecule has 0 aliphatic heterocycles. The molecule has 0 fully saturated rings. The maximum atomic E-state index is 14.0. The number of methoxy groups -OCH3 is 1. The fourth-order valence-electron chi connectivity index (χ4n) is 1.93. The molecule has 1 N–H and O–H groups in total. The van der Waals surface area contributed by atoms with Gasteiger partial charge in [0.2, 0.25) is 0 Å². The third-order valence-corrected chi connectivity index (χ3v) is 2.86. The zero-order valence-corrected chi connectivity index (χ0v) is 11.3. The molecule has 0 aromatic heterocycles. The van der Waals surface area contributed by atoms with E-state index in [1.807, 2.05) is 20.8 Å². The Hall–Kier alpha value is -1.13. The first-order valence-electron chi connectivity index (χ1n) is 6.15. The Balaban J connectivity index is 3.04. The van der Waals surface area contributed by atoms with Crippen molar-refractivity contribution in [2.24, 2.45) is 5.92 Å². The molecule has 0 aliphatic rings. The van der Waals surface area contributed by atoms with Gasteiger partial charge in [0, 0.05) is 12.2 Å². The number of halogens is 1. The summed E-state index contributed by atoms with van der Waals surface area (Å²) in [7, 11) is 1.40. The van der Waals surface area contributed by atoms with Gasteiger partial charge in [0.05, 0.1) is 13.2 Å². The van der Waals surface area contributed by atoms with Crippen LogP contribution in [0.5, 0.6) is 5.75 Å². The molecule has 1 aromatic rings. The number of rotatable bonds is 6.